The molecule has 0 radical (unpaired) electrons. The van der Waals surface area contributed by atoms with Gasteiger partial charge in [-0.3, -0.25) is 9.59 Å². The first-order chi connectivity index (χ1) is 9.16. The van der Waals surface area contributed by atoms with Crippen molar-refractivity contribution in [1.29, 1.82) is 0 Å². The molecule has 5 nitrogen and oxygen atoms in total. The van der Waals surface area contributed by atoms with E-state index in [0.717, 1.165) is 31.4 Å². The van der Waals surface area contributed by atoms with E-state index in [1.807, 2.05) is 12.1 Å². The number of carbonyl (C=O) groups excluding carboxylic acids is 2. The minimum Gasteiger partial charge on any atom is -0.369 e. The minimum atomic E-state index is -0.405. The van der Waals surface area contributed by atoms with Crippen LogP contribution in [0.15, 0.2) is 24.3 Å². The summed E-state index contributed by atoms with van der Waals surface area (Å²) >= 11 is 0. The number of hydrogen-bond acceptors (Lipinski definition) is 3. The van der Waals surface area contributed by atoms with E-state index in [1.54, 1.807) is 12.1 Å². The monoisotopic (exact) mass is 261 g/mol. The lowest BCUT2D eigenvalue weighted by Crippen LogP contribution is -2.43. The summed E-state index contributed by atoms with van der Waals surface area (Å²) in [7, 11) is 0. The molecule has 1 saturated heterocycles. The zero-order chi connectivity index (χ0) is 13.7. The van der Waals surface area contributed by atoms with E-state index in [0.29, 0.717) is 5.69 Å². The van der Waals surface area contributed by atoms with Gasteiger partial charge in [-0.1, -0.05) is 24.6 Å². The number of amides is 2. The van der Waals surface area contributed by atoms with E-state index < -0.39 is 5.91 Å². The summed E-state index contributed by atoms with van der Waals surface area (Å²) in [5, 5.41) is 6.07. The Kier molecular flexibility index (Phi) is 4.52. The van der Waals surface area contributed by atoms with Gasteiger partial charge in [0.25, 0.3) is 0 Å². The molecular formula is C14H19N3O2. The molecule has 0 unspecified atom stereocenters. The maximum atomic E-state index is 12.1. The number of hydrogen-bond donors (Lipinski definition) is 3. The number of nitrogens with two attached hydrogens (primary N) is 1. The smallest absolute Gasteiger partial charge is 0.241 e. The maximum absolute atomic E-state index is 12.1. The Morgan fingerprint density at radius 2 is 2.11 bits per heavy atom. The molecular weight excluding hydrogens is 242 g/mol. The molecule has 1 aliphatic rings. The average molecular weight is 261 g/mol. The Morgan fingerprint density at radius 3 is 2.79 bits per heavy atom. The van der Waals surface area contributed by atoms with E-state index in [2.05, 4.69) is 10.6 Å². The fourth-order valence-electron chi connectivity index (χ4n) is 2.28. The molecule has 1 heterocycles. The first kappa shape index (κ1) is 13.5. The second-order valence-corrected chi connectivity index (χ2v) is 4.79. The molecule has 1 atom stereocenters. The van der Waals surface area contributed by atoms with Crippen LogP contribution in [-0.2, 0) is 16.0 Å². The van der Waals surface area contributed by atoms with E-state index in [4.69, 9.17) is 5.73 Å². The van der Waals surface area contributed by atoms with Gasteiger partial charge in [0.2, 0.25) is 11.8 Å². The van der Waals surface area contributed by atoms with E-state index >= 15 is 0 Å². The highest BCUT2D eigenvalue weighted by molar-refractivity contribution is 5.96. The zero-order valence-electron chi connectivity index (χ0n) is 10.8. The van der Waals surface area contributed by atoms with Crippen LogP contribution in [0.3, 0.4) is 0 Å². The largest absolute Gasteiger partial charge is 0.369 e. The molecule has 0 aliphatic carbocycles. The summed E-state index contributed by atoms with van der Waals surface area (Å²) in [6, 6.07) is 7.10. The minimum absolute atomic E-state index is 0.0448. The van der Waals surface area contributed by atoms with Gasteiger partial charge < -0.3 is 16.4 Å². The molecule has 0 spiro atoms. The fraction of sp³-hybridized carbons (Fsp3) is 0.429. The molecule has 2 rings (SSSR count). The first-order valence-corrected chi connectivity index (χ1v) is 6.57. The fourth-order valence-corrected chi connectivity index (χ4v) is 2.28. The Hall–Kier alpha value is -1.88. The van der Waals surface area contributed by atoms with Gasteiger partial charge in [-0.05, 0) is 31.0 Å². The third-order valence-electron chi connectivity index (χ3n) is 3.27. The highest BCUT2D eigenvalue weighted by Crippen LogP contribution is 2.17. The first-order valence-electron chi connectivity index (χ1n) is 6.57. The molecule has 102 valence electrons. The molecule has 0 bridgehead atoms. The number of anilines is 1. The lowest BCUT2D eigenvalue weighted by atomic mass is 10.0. The molecule has 5 heteroatoms. The molecule has 1 aromatic rings. The van der Waals surface area contributed by atoms with Crippen molar-refractivity contribution in [2.75, 3.05) is 11.9 Å². The predicted octanol–water partition coefficient (Wildman–Crippen LogP) is 0.795. The summed E-state index contributed by atoms with van der Waals surface area (Å²) in [5.41, 5.74) is 6.62. The van der Waals surface area contributed by atoms with Crippen LogP contribution < -0.4 is 16.4 Å². The number of piperidine rings is 1. The van der Waals surface area contributed by atoms with Gasteiger partial charge in [-0.2, -0.15) is 0 Å². The molecule has 1 fully saturated rings. The van der Waals surface area contributed by atoms with Crippen LogP contribution in [0.4, 0.5) is 5.69 Å². The van der Waals surface area contributed by atoms with Crippen LogP contribution in [-0.4, -0.2) is 24.4 Å². The SMILES string of the molecule is NC(=O)Cc1ccccc1NC(=O)[C@@H]1CCCCN1. The highest BCUT2D eigenvalue weighted by Gasteiger charge is 2.21. The number of para-hydroxylation sites is 1. The normalized spacial score (nSPS) is 18.8. The topological polar surface area (TPSA) is 84.2 Å². The van der Waals surface area contributed by atoms with Gasteiger partial charge in [0.05, 0.1) is 12.5 Å². The maximum Gasteiger partial charge on any atom is 0.241 e. The standard InChI is InChI=1S/C14H19N3O2/c15-13(18)9-10-5-1-2-6-11(10)17-14(19)12-7-3-4-8-16-12/h1-2,5-6,12,16H,3-4,7-9H2,(H2,15,18)(H,17,19)/t12-/m0/s1. The predicted molar refractivity (Wildman–Crippen MR) is 73.6 cm³/mol. The summed E-state index contributed by atoms with van der Waals surface area (Å²) in [6.45, 7) is 0.876. The van der Waals surface area contributed by atoms with Crippen molar-refractivity contribution in [3.05, 3.63) is 29.8 Å². The van der Waals surface area contributed by atoms with Crippen LogP contribution >= 0.6 is 0 Å². The number of benzene rings is 1. The number of nitrogens with one attached hydrogen (secondary N) is 2. The lowest BCUT2D eigenvalue weighted by Gasteiger charge is -2.23. The Morgan fingerprint density at radius 1 is 1.32 bits per heavy atom. The van der Waals surface area contributed by atoms with Crippen LogP contribution in [0.5, 0.6) is 0 Å². The van der Waals surface area contributed by atoms with Gasteiger partial charge in [0.1, 0.15) is 0 Å². The molecule has 4 N–H and O–H groups in total. The lowest BCUT2D eigenvalue weighted by molar-refractivity contribution is -0.119. The van der Waals surface area contributed by atoms with Gasteiger partial charge in [0, 0.05) is 5.69 Å². The summed E-state index contributed by atoms with van der Waals surface area (Å²) in [5.74, 6) is -0.450. The van der Waals surface area contributed by atoms with Crippen molar-refractivity contribution in [1.82, 2.24) is 5.32 Å². The van der Waals surface area contributed by atoms with Gasteiger partial charge in [0.15, 0.2) is 0 Å². The van der Waals surface area contributed by atoms with Crippen molar-refractivity contribution in [2.24, 2.45) is 5.73 Å². The Balaban J connectivity index is 2.05. The van der Waals surface area contributed by atoms with Crippen LogP contribution in [0.25, 0.3) is 0 Å². The quantitative estimate of drug-likeness (QED) is 0.749. The van der Waals surface area contributed by atoms with Crippen molar-refractivity contribution < 1.29 is 9.59 Å². The second kappa shape index (κ2) is 6.33. The molecule has 1 aliphatic heterocycles. The Bertz CT molecular complexity index is 468. The molecule has 1 aromatic carbocycles. The van der Waals surface area contributed by atoms with Crippen molar-refractivity contribution in [3.63, 3.8) is 0 Å². The zero-order valence-corrected chi connectivity index (χ0v) is 10.8. The third-order valence-corrected chi connectivity index (χ3v) is 3.27. The molecule has 0 aromatic heterocycles. The molecule has 19 heavy (non-hydrogen) atoms. The van der Waals surface area contributed by atoms with E-state index in [-0.39, 0.29) is 18.4 Å². The Labute approximate surface area is 112 Å². The second-order valence-electron chi connectivity index (χ2n) is 4.79. The average Bonchev–Trinajstić information content (AvgIpc) is 2.41. The summed E-state index contributed by atoms with van der Waals surface area (Å²) in [4.78, 5) is 23.1. The molecule has 0 saturated carbocycles. The number of primary amides is 1. The summed E-state index contributed by atoms with van der Waals surface area (Å²) in [6.07, 6.45) is 3.16. The van der Waals surface area contributed by atoms with Crippen LogP contribution in [0.2, 0.25) is 0 Å². The van der Waals surface area contributed by atoms with Crippen LogP contribution in [0, 0.1) is 0 Å². The molecule has 2 amide bonds. The third kappa shape index (κ3) is 3.79. The van der Waals surface area contributed by atoms with Crippen molar-refractivity contribution in [3.8, 4) is 0 Å². The highest BCUT2D eigenvalue weighted by atomic mass is 16.2. The summed E-state index contributed by atoms with van der Waals surface area (Å²) < 4.78 is 0. The van der Waals surface area contributed by atoms with E-state index in [1.165, 1.54) is 0 Å². The van der Waals surface area contributed by atoms with Crippen LogP contribution in [0.1, 0.15) is 24.8 Å². The number of rotatable bonds is 4. The van der Waals surface area contributed by atoms with Gasteiger partial charge >= 0.3 is 0 Å². The van der Waals surface area contributed by atoms with Crippen molar-refractivity contribution >= 4 is 17.5 Å². The number of carbonyl (C=O) groups is 2. The van der Waals surface area contributed by atoms with Gasteiger partial charge in [-0.25, -0.2) is 0 Å². The van der Waals surface area contributed by atoms with Crippen molar-refractivity contribution in [2.45, 2.75) is 31.7 Å². The van der Waals surface area contributed by atoms with Gasteiger partial charge in [-0.15, -0.1) is 0 Å². The van der Waals surface area contributed by atoms with E-state index in [9.17, 15) is 9.59 Å².